The van der Waals surface area contributed by atoms with Crippen molar-refractivity contribution in [3.05, 3.63) is 12.8 Å². The van der Waals surface area contributed by atoms with Gasteiger partial charge in [0.2, 0.25) is 0 Å². The van der Waals surface area contributed by atoms with E-state index in [1.54, 1.807) is 0 Å². The molecule has 44 valence electrons. The van der Waals surface area contributed by atoms with Crippen LogP contribution in [0.2, 0.25) is 0 Å². The molecule has 0 heterocycles. The van der Waals surface area contributed by atoms with Crippen LogP contribution in [0.3, 0.4) is 0 Å². The fraction of sp³-hybridized carbons (Fsp3) is 0.333. The highest BCUT2D eigenvalue weighted by Gasteiger charge is 1.66. The fourth-order valence-electron chi connectivity index (χ4n) is 0.208. The highest BCUT2D eigenvalue weighted by molar-refractivity contribution is 4.98. The molecule has 0 aromatic carbocycles. The molecule has 8 heavy (non-hydrogen) atoms. The normalized spacial score (nSPS) is 6.62. The summed E-state index contributed by atoms with van der Waals surface area (Å²) in [5.41, 5.74) is 0. The molecule has 0 unspecified atom stereocenters. The predicted octanol–water partition coefficient (Wildman–Crippen LogP) is 0.142. The van der Waals surface area contributed by atoms with Crippen LogP contribution in [-0.2, 0) is 4.74 Å². The van der Waals surface area contributed by atoms with Gasteiger partial charge in [-0.3, -0.25) is 0 Å². The van der Waals surface area contributed by atoms with Gasteiger partial charge in [0, 0.05) is 0 Å². The van der Waals surface area contributed by atoms with Gasteiger partial charge in [0.15, 0.2) is 0 Å². The molecule has 2 heteroatoms. The van der Waals surface area contributed by atoms with E-state index in [0.717, 1.165) is 0 Å². The summed E-state index contributed by atoms with van der Waals surface area (Å²) in [5.74, 6) is 4.96. The van der Waals surface area contributed by atoms with Gasteiger partial charge >= 0.3 is 0 Å². The van der Waals surface area contributed by atoms with Crippen molar-refractivity contribution in [1.29, 1.82) is 0 Å². The van der Waals surface area contributed by atoms with Crippen LogP contribution in [0.15, 0.2) is 12.8 Å². The van der Waals surface area contributed by atoms with Crippen molar-refractivity contribution >= 4 is 0 Å². The molecule has 0 fully saturated rings. The first-order valence-corrected chi connectivity index (χ1v) is 2.21. The second-order valence-corrected chi connectivity index (χ2v) is 0.989. The van der Waals surface area contributed by atoms with Crippen molar-refractivity contribution in [2.24, 2.45) is 0 Å². The zero-order valence-corrected chi connectivity index (χ0v) is 4.55. The molecule has 0 saturated heterocycles. The van der Waals surface area contributed by atoms with Crippen molar-refractivity contribution in [3.63, 3.8) is 0 Å². The highest BCUT2D eigenvalue weighted by Crippen LogP contribution is 1.68. The number of rotatable bonds is 2. The van der Waals surface area contributed by atoms with Crippen molar-refractivity contribution in [1.82, 2.24) is 0 Å². The zero-order chi connectivity index (χ0) is 6.24. The third-order valence-electron chi connectivity index (χ3n) is 0.477. The summed E-state index contributed by atoms with van der Waals surface area (Å²) in [6, 6.07) is 0. The Balaban J connectivity index is 3.02. The van der Waals surface area contributed by atoms with Crippen LogP contribution < -0.4 is 0 Å². The molecule has 0 amide bonds. The molecule has 0 aromatic rings. The molecule has 0 spiro atoms. The van der Waals surface area contributed by atoms with Crippen LogP contribution in [0.1, 0.15) is 0 Å². The first-order valence-electron chi connectivity index (χ1n) is 2.21. The minimum atomic E-state index is -0.111. The molecule has 0 aliphatic heterocycles. The summed E-state index contributed by atoms with van der Waals surface area (Å²) in [6.07, 6.45) is 1.31. The van der Waals surface area contributed by atoms with E-state index < -0.39 is 0 Å². The molecule has 0 atom stereocenters. The monoisotopic (exact) mass is 112 g/mol. The van der Waals surface area contributed by atoms with Gasteiger partial charge in [0.1, 0.15) is 13.2 Å². The molecular weight excluding hydrogens is 104 g/mol. The first kappa shape index (κ1) is 7.06. The Morgan fingerprint density at radius 1 is 1.62 bits per heavy atom. The Morgan fingerprint density at radius 2 is 2.38 bits per heavy atom. The fourth-order valence-corrected chi connectivity index (χ4v) is 0.208. The summed E-state index contributed by atoms with van der Waals surface area (Å²) in [6.45, 7) is 3.50. The highest BCUT2D eigenvalue weighted by atomic mass is 16.5. The quantitative estimate of drug-likeness (QED) is 0.313. The van der Waals surface area contributed by atoms with Crippen LogP contribution in [0, 0.1) is 11.8 Å². The maximum absolute atomic E-state index is 8.11. The lowest BCUT2D eigenvalue weighted by Crippen LogP contribution is -1.81. The van der Waals surface area contributed by atoms with Crippen LogP contribution in [0.25, 0.3) is 0 Å². The summed E-state index contributed by atoms with van der Waals surface area (Å²) in [4.78, 5) is 0. The summed E-state index contributed by atoms with van der Waals surface area (Å²) in [7, 11) is 0. The summed E-state index contributed by atoms with van der Waals surface area (Å²) >= 11 is 0. The van der Waals surface area contributed by atoms with E-state index in [1.165, 1.54) is 6.26 Å². The molecule has 0 aliphatic rings. The van der Waals surface area contributed by atoms with Crippen LogP contribution in [0.5, 0.6) is 0 Å². The number of hydrogen-bond donors (Lipinski definition) is 1. The van der Waals surface area contributed by atoms with Gasteiger partial charge in [0.05, 0.1) is 6.26 Å². The number of aliphatic hydroxyl groups excluding tert-OH is 1. The Morgan fingerprint density at radius 3 is 2.88 bits per heavy atom. The van der Waals surface area contributed by atoms with E-state index in [-0.39, 0.29) is 6.61 Å². The van der Waals surface area contributed by atoms with E-state index in [4.69, 9.17) is 5.11 Å². The van der Waals surface area contributed by atoms with Crippen molar-refractivity contribution in [3.8, 4) is 11.8 Å². The van der Waals surface area contributed by atoms with E-state index in [9.17, 15) is 0 Å². The Kier molecular flexibility index (Phi) is 5.35. The molecule has 0 aromatic heterocycles. The topological polar surface area (TPSA) is 29.5 Å². The van der Waals surface area contributed by atoms with Crippen molar-refractivity contribution in [2.45, 2.75) is 0 Å². The molecule has 0 bridgehead atoms. The lowest BCUT2D eigenvalue weighted by atomic mass is 10.6. The second kappa shape index (κ2) is 6.06. The summed E-state index contributed by atoms with van der Waals surface area (Å²) in [5, 5.41) is 8.11. The minimum Gasteiger partial charge on any atom is -0.489 e. The van der Waals surface area contributed by atoms with Gasteiger partial charge in [-0.05, 0) is 0 Å². The minimum absolute atomic E-state index is 0.111. The number of ether oxygens (including phenoxy) is 1. The molecule has 0 saturated carbocycles. The van der Waals surface area contributed by atoms with Gasteiger partial charge in [-0.1, -0.05) is 18.4 Å². The Bertz CT molecular complexity index is 107. The maximum atomic E-state index is 8.11. The Hall–Kier alpha value is -0.940. The summed E-state index contributed by atoms with van der Waals surface area (Å²) < 4.78 is 4.61. The molecular formula is C6H8O2. The average molecular weight is 112 g/mol. The van der Waals surface area contributed by atoms with Gasteiger partial charge in [-0.15, -0.1) is 0 Å². The van der Waals surface area contributed by atoms with Gasteiger partial charge in [-0.2, -0.15) is 0 Å². The van der Waals surface area contributed by atoms with Crippen LogP contribution in [0.4, 0.5) is 0 Å². The lowest BCUT2D eigenvalue weighted by Gasteiger charge is -1.85. The van der Waals surface area contributed by atoms with Gasteiger partial charge < -0.3 is 9.84 Å². The van der Waals surface area contributed by atoms with Gasteiger partial charge in [0.25, 0.3) is 0 Å². The zero-order valence-electron chi connectivity index (χ0n) is 4.55. The lowest BCUT2D eigenvalue weighted by molar-refractivity contribution is 0.297. The van der Waals surface area contributed by atoms with Crippen LogP contribution >= 0.6 is 0 Å². The van der Waals surface area contributed by atoms with E-state index in [1.807, 2.05) is 0 Å². The van der Waals surface area contributed by atoms with E-state index in [2.05, 4.69) is 23.2 Å². The Labute approximate surface area is 48.8 Å². The molecule has 0 radical (unpaired) electrons. The molecule has 0 aliphatic carbocycles. The third kappa shape index (κ3) is 5.06. The van der Waals surface area contributed by atoms with Crippen LogP contribution in [-0.4, -0.2) is 18.3 Å². The van der Waals surface area contributed by atoms with Gasteiger partial charge in [-0.25, -0.2) is 0 Å². The first-order chi connectivity index (χ1) is 3.91. The third-order valence-corrected chi connectivity index (χ3v) is 0.477. The molecule has 1 N–H and O–H groups in total. The predicted molar refractivity (Wildman–Crippen MR) is 31.0 cm³/mol. The molecule has 2 nitrogen and oxygen atoms in total. The van der Waals surface area contributed by atoms with Crippen molar-refractivity contribution in [2.75, 3.05) is 13.2 Å². The smallest absolute Gasteiger partial charge is 0.148 e. The number of hydrogen-bond acceptors (Lipinski definition) is 2. The average Bonchev–Trinajstić information content (AvgIpc) is 1.81. The molecule has 0 rings (SSSR count). The second-order valence-electron chi connectivity index (χ2n) is 0.989. The van der Waals surface area contributed by atoms with Crippen molar-refractivity contribution < 1.29 is 9.84 Å². The largest absolute Gasteiger partial charge is 0.489 e. The maximum Gasteiger partial charge on any atom is 0.148 e. The van der Waals surface area contributed by atoms with E-state index in [0.29, 0.717) is 6.61 Å². The SMILES string of the molecule is C=COCC#CCO. The van der Waals surface area contributed by atoms with E-state index >= 15 is 0 Å². The standard InChI is InChI=1S/C6H8O2/c1-2-8-6-4-3-5-7/h2,7H,1,5-6H2. The number of aliphatic hydroxyl groups is 1.